The van der Waals surface area contributed by atoms with Crippen molar-refractivity contribution < 1.29 is 42.1 Å². The van der Waals surface area contributed by atoms with Gasteiger partial charge in [-0.1, -0.05) is 33.1 Å². The van der Waals surface area contributed by atoms with Crippen LogP contribution in [-0.2, 0) is 32.7 Å². The maximum atomic E-state index is 12.0. The topological polar surface area (TPSA) is 111 Å². The molecule has 0 aliphatic carbocycles. The molecule has 0 spiro atoms. The quantitative estimate of drug-likeness (QED) is 0.147. The van der Waals surface area contributed by atoms with E-state index < -0.39 is 32.5 Å². The highest BCUT2D eigenvalue weighted by Crippen LogP contribution is 2.38. The van der Waals surface area contributed by atoms with Gasteiger partial charge in [0.15, 0.2) is 6.10 Å². The Bertz CT molecular complexity index is 521. The minimum Gasteiger partial charge on any atom is -0.756 e. The summed E-state index contributed by atoms with van der Waals surface area (Å²) >= 11 is 0. The second kappa shape index (κ2) is 14.9. The van der Waals surface area contributed by atoms with Gasteiger partial charge in [0, 0.05) is 12.8 Å². The Morgan fingerprint density at radius 3 is 2.14 bits per heavy atom. The van der Waals surface area contributed by atoms with Crippen LogP contribution in [0.15, 0.2) is 0 Å². The van der Waals surface area contributed by atoms with Crippen molar-refractivity contribution in [3.05, 3.63) is 0 Å². The van der Waals surface area contributed by atoms with E-state index >= 15 is 0 Å². The third-order valence-electron chi connectivity index (χ3n) is 3.88. The van der Waals surface area contributed by atoms with Crippen LogP contribution in [0.2, 0.25) is 0 Å². The number of nitrogens with zero attached hydrogens (tertiary/aromatic N) is 1. The molecule has 0 amide bonds. The van der Waals surface area contributed by atoms with Gasteiger partial charge >= 0.3 is 11.9 Å². The van der Waals surface area contributed by atoms with Crippen molar-refractivity contribution in [2.75, 3.05) is 47.5 Å². The largest absolute Gasteiger partial charge is 0.756 e. The predicted octanol–water partition coefficient (Wildman–Crippen LogP) is 2.42. The molecule has 0 heterocycles. The predicted molar refractivity (Wildman–Crippen MR) is 107 cm³/mol. The molecule has 0 aliphatic heterocycles. The molecule has 0 fully saturated rings. The van der Waals surface area contributed by atoms with Gasteiger partial charge in [0.2, 0.25) is 0 Å². The lowest BCUT2D eigenvalue weighted by atomic mass is 10.2. The molecule has 0 saturated carbocycles. The Morgan fingerprint density at radius 1 is 0.931 bits per heavy atom. The summed E-state index contributed by atoms with van der Waals surface area (Å²) < 4.78 is 32.5. The first kappa shape index (κ1) is 28.0. The van der Waals surface area contributed by atoms with Crippen LogP contribution in [0.25, 0.3) is 0 Å². The molecule has 10 heteroatoms. The zero-order valence-electron chi connectivity index (χ0n) is 18.5. The number of ether oxygens (including phenoxy) is 2. The smallest absolute Gasteiger partial charge is 0.306 e. The molecule has 9 nitrogen and oxygen atoms in total. The molecule has 0 bridgehead atoms. The van der Waals surface area contributed by atoms with Crippen molar-refractivity contribution in [1.29, 1.82) is 0 Å². The van der Waals surface area contributed by atoms with Gasteiger partial charge in [-0.3, -0.25) is 14.2 Å². The first-order chi connectivity index (χ1) is 13.5. The summed E-state index contributed by atoms with van der Waals surface area (Å²) in [5, 5.41) is 0. The van der Waals surface area contributed by atoms with Gasteiger partial charge in [0.25, 0.3) is 7.82 Å². The van der Waals surface area contributed by atoms with E-state index in [-0.39, 0.29) is 26.1 Å². The summed E-state index contributed by atoms with van der Waals surface area (Å²) in [6.07, 6.45) is 3.50. The average Bonchev–Trinajstić information content (AvgIpc) is 2.61. The number of rotatable bonds is 17. The van der Waals surface area contributed by atoms with Crippen molar-refractivity contribution in [2.45, 2.75) is 64.9 Å². The number of quaternary nitrogens is 1. The third kappa shape index (κ3) is 17.6. The number of carbonyl (C=O) groups is 2. The van der Waals surface area contributed by atoms with E-state index in [2.05, 4.69) is 0 Å². The Balaban J connectivity index is 4.63. The highest BCUT2D eigenvalue weighted by atomic mass is 31.2. The fraction of sp³-hybridized carbons (Fsp3) is 0.895. The average molecular weight is 439 g/mol. The van der Waals surface area contributed by atoms with Crippen molar-refractivity contribution in [3.63, 3.8) is 0 Å². The molecule has 0 aliphatic rings. The third-order valence-corrected chi connectivity index (χ3v) is 4.84. The number of unbranched alkanes of at least 4 members (excludes halogenated alkanes) is 3. The minimum atomic E-state index is -4.56. The normalized spacial score (nSPS) is 14.8. The van der Waals surface area contributed by atoms with E-state index in [1.54, 1.807) is 0 Å². The molecule has 0 radical (unpaired) electrons. The molecule has 0 aromatic rings. The Kier molecular flexibility index (Phi) is 14.4. The standard InChI is InChI=1S/C19H38NO8P/c1-6-8-10-12-19(22)28-17(15-25-18(21)11-9-7-2)16-27-29(23,24)26-14-13-20(3,4)5/h17H,6-16H2,1-5H3. The summed E-state index contributed by atoms with van der Waals surface area (Å²) in [4.78, 5) is 35.6. The van der Waals surface area contributed by atoms with Crippen LogP contribution >= 0.6 is 7.82 Å². The van der Waals surface area contributed by atoms with E-state index in [1.807, 2.05) is 35.0 Å². The molecule has 2 unspecified atom stereocenters. The Labute approximate surface area is 174 Å². The lowest BCUT2D eigenvalue weighted by molar-refractivity contribution is -0.870. The van der Waals surface area contributed by atoms with Gasteiger partial charge in [-0.2, -0.15) is 0 Å². The number of hydrogen-bond donors (Lipinski definition) is 0. The van der Waals surface area contributed by atoms with Gasteiger partial charge in [-0.15, -0.1) is 0 Å². The fourth-order valence-corrected chi connectivity index (χ4v) is 2.83. The Morgan fingerprint density at radius 2 is 1.55 bits per heavy atom. The summed E-state index contributed by atoms with van der Waals surface area (Å²) in [6, 6.07) is 0. The van der Waals surface area contributed by atoms with Crippen molar-refractivity contribution in [2.24, 2.45) is 0 Å². The van der Waals surface area contributed by atoms with Crippen LogP contribution in [0.3, 0.4) is 0 Å². The van der Waals surface area contributed by atoms with E-state index in [9.17, 15) is 19.0 Å². The molecular weight excluding hydrogens is 401 g/mol. The molecular formula is C19H38NO8P. The lowest BCUT2D eigenvalue weighted by Gasteiger charge is -2.28. The molecule has 29 heavy (non-hydrogen) atoms. The van der Waals surface area contributed by atoms with E-state index in [1.165, 1.54) is 0 Å². The van der Waals surface area contributed by atoms with Gasteiger partial charge in [0.1, 0.15) is 19.8 Å². The number of hydrogen-bond acceptors (Lipinski definition) is 8. The van der Waals surface area contributed by atoms with E-state index in [4.69, 9.17) is 18.5 Å². The fourth-order valence-electron chi connectivity index (χ4n) is 2.10. The second-order valence-corrected chi connectivity index (χ2v) is 9.36. The monoisotopic (exact) mass is 439 g/mol. The molecule has 2 atom stereocenters. The number of phosphoric ester groups is 1. The lowest BCUT2D eigenvalue weighted by Crippen LogP contribution is -2.37. The second-order valence-electron chi connectivity index (χ2n) is 7.95. The van der Waals surface area contributed by atoms with Crippen molar-refractivity contribution in [1.82, 2.24) is 0 Å². The SMILES string of the molecule is CCCCCC(=O)OC(COC(=O)CCCC)COP(=O)([O-])OCC[N+](C)(C)C. The maximum Gasteiger partial charge on any atom is 0.306 e. The zero-order valence-corrected chi connectivity index (χ0v) is 19.4. The molecule has 0 N–H and O–H groups in total. The highest BCUT2D eigenvalue weighted by molar-refractivity contribution is 7.45. The van der Waals surface area contributed by atoms with Gasteiger partial charge in [0.05, 0.1) is 27.7 Å². The molecule has 0 saturated heterocycles. The number of carbonyl (C=O) groups excluding carboxylic acids is 2. The first-order valence-electron chi connectivity index (χ1n) is 10.2. The van der Waals surface area contributed by atoms with Gasteiger partial charge in [-0.05, 0) is 12.8 Å². The van der Waals surface area contributed by atoms with Crippen LogP contribution in [0, 0.1) is 0 Å². The summed E-state index contributed by atoms with van der Waals surface area (Å²) in [7, 11) is 1.15. The van der Waals surface area contributed by atoms with E-state index in [0.717, 1.165) is 19.3 Å². The van der Waals surface area contributed by atoms with Crippen molar-refractivity contribution in [3.8, 4) is 0 Å². The Hall–Kier alpha value is -0.990. The minimum absolute atomic E-state index is 0.0300. The maximum absolute atomic E-state index is 12.0. The summed E-state index contributed by atoms with van der Waals surface area (Å²) in [5.41, 5.74) is 0. The number of esters is 2. The van der Waals surface area contributed by atoms with Crippen LogP contribution in [0.5, 0.6) is 0 Å². The molecule has 172 valence electrons. The van der Waals surface area contributed by atoms with Gasteiger partial charge < -0.3 is 27.9 Å². The molecule has 0 aromatic heterocycles. The van der Waals surface area contributed by atoms with Crippen LogP contribution < -0.4 is 4.89 Å². The van der Waals surface area contributed by atoms with E-state index in [0.29, 0.717) is 23.9 Å². The highest BCUT2D eigenvalue weighted by Gasteiger charge is 2.21. The van der Waals surface area contributed by atoms with Crippen molar-refractivity contribution >= 4 is 19.8 Å². The van der Waals surface area contributed by atoms with Gasteiger partial charge in [-0.25, -0.2) is 0 Å². The van der Waals surface area contributed by atoms with Crippen LogP contribution in [0.1, 0.15) is 58.8 Å². The number of phosphoric acid groups is 1. The first-order valence-corrected chi connectivity index (χ1v) is 11.7. The van der Waals surface area contributed by atoms with Crippen LogP contribution in [0.4, 0.5) is 0 Å². The summed E-state index contributed by atoms with van der Waals surface area (Å²) in [5.74, 6) is -0.910. The van der Waals surface area contributed by atoms with Crippen LogP contribution in [-0.4, -0.2) is 70.0 Å². The summed E-state index contributed by atoms with van der Waals surface area (Å²) in [6.45, 7) is 3.68. The zero-order chi connectivity index (χ0) is 22.3. The molecule has 0 aromatic carbocycles. The molecule has 0 rings (SSSR count). The number of likely N-dealkylation sites (N-methyl/N-ethyl adjacent to an activating group) is 1.